The molecule has 0 heterocycles. The number of carbonyl (C=O) groups is 2. The van der Waals surface area contributed by atoms with E-state index in [1.54, 1.807) is 24.4 Å². The molecule has 170 valence electrons. The number of aryl methyl sites for hydroxylation is 2. The zero-order valence-electron chi connectivity index (χ0n) is 19.6. The van der Waals surface area contributed by atoms with Crippen molar-refractivity contribution >= 4 is 29.2 Å². The van der Waals surface area contributed by atoms with Gasteiger partial charge in [0.1, 0.15) is 0 Å². The molecule has 0 spiro atoms. The molecule has 0 unspecified atom stereocenters. The lowest BCUT2D eigenvalue weighted by Crippen LogP contribution is -2.25. The molecule has 0 radical (unpaired) electrons. The number of rotatable bonds is 5. The summed E-state index contributed by atoms with van der Waals surface area (Å²) in [5, 5.41) is 6.03. The Morgan fingerprint density at radius 3 is 1.94 bits per heavy atom. The summed E-state index contributed by atoms with van der Waals surface area (Å²) in [6.07, 6.45) is 1.66. The molecule has 1 aliphatic rings. The van der Waals surface area contributed by atoms with E-state index in [-0.39, 0.29) is 11.7 Å². The van der Waals surface area contributed by atoms with E-state index in [4.69, 9.17) is 0 Å². The molecule has 0 aliphatic heterocycles. The zero-order valence-corrected chi connectivity index (χ0v) is 19.6. The third-order valence-corrected chi connectivity index (χ3v) is 6.06. The molecule has 0 atom stereocenters. The van der Waals surface area contributed by atoms with Crippen molar-refractivity contribution < 1.29 is 9.59 Å². The first-order valence-corrected chi connectivity index (χ1v) is 11.5. The summed E-state index contributed by atoms with van der Waals surface area (Å²) in [6, 6.07) is 32.1. The Bertz CT molecular complexity index is 1460. The van der Waals surface area contributed by atoms with Gasteiger partial charge in [0.15, 0.2) is 5.78 Å². The van der Waals surface area contributed by atoms with Crippen LogP contribution < -0.4 is 0 Å². The van der Waals surface area contributed by atoms with Crippen LogP contribution in [-0.2, 0) is 0 Å². The van der Waals surface area contributed by atoms with Gasteiger partial charge in [-0.3, -0.25) is 9.59 Å². The number of hydrogen-bond acceptors (Lipinski definition) is 3. The topological polar surface area (TPSA) is 49.7 Å². The standard InChI is InChI=1S/C31H24N2O2/c1-21-12-16-23(17-13-21)20-32-33(31(35)25-18-14-22(2)15-19-25)29-26-10-6-7-11-27(26)30(34)28(29)24-8-4-3-5-9-24/h3-20H,1-2H3/b32-20+. The fraction of sp³-hybridized carbons (Fsp3) is 0.0645. The normalized spacial score (nSPS) is 12.8. The van der Waals surface area contributed by atoms with Gasteiger partial charge in [-0.15, -0.1) is 0 Å². The predicted octanol–water partition coefficient (Wildman–Crippen LogP) is 6.54. The number of fused-ring (bicyclic) bond motifs is 1. The summed E-state index contributed by atoms with van der Waals surface area (Å²) in [4.78, 5) is 27.5. The quantitative estimate of drug-likeness (QED) is 0.253. The molecule has 1 aliphatic carbocycles. The molecule has 0 aromatic heterocycles. The van der Waals surface area contributed by atoms with Gasteiger partial charge in [0.25, 0.3) is 5.91 Å². The Morgan fingerprint density at radius 2 is 1.29 bits per heavy atom. The maximum atomic E-state index is 13.9. The first-order chi connectivity index (χ1) is 17.0. The van der Waals surface area contributed by atoms with E-state index in [1.807, 2.05) is 98.8 Å². The minimum Gasteiger partial charge on any atom is -0.288 e. The summed E-state index contributed by atoms with van der Waals surface area (Å²) >= 11 is 0. The number of hydrogen-bond donors (Lipinski definition) is 0. The van der Waals surface area contributed by atoms with Crippen molar-refractivity contribution in [2.45, 2.75) is 13.8 Å². The molecule has 4 nitrogen and oxygen atoms in total. The fourth-order valence-electron chi connectivity index (χ4n) is 4.16. The van der Waals surface area contributed by atoms with Crippen LogP contribution in [0.2, 0.25) is 0 Å². The van der Waals surface area contributed by atoms with Crippen molar-refractivity contribution in [3.05, 3.63) is 142 Å². The van der Waals surface area contributed by atoms with Crippen LogP contribution in [0.4, 0.5) is 0 Å². The minimum atomic E-state index is -0.304. The van der Waals surface area contributed by atoms with Gasteiger partial charge in [-0.05, 0) is 37.1 Å². The second-order valence-corrected chi connectivity index (χ2v) is 8.60. The smallest absolute Gasteiger partial charge is 0.278 e. The monoisotopic (exact) mass is 456 g/mol. The van der Waals surface area contributed by atoms with Crippen LogP contribution >= 0.6 is 0 Å². The van der Waals surface area contributed by atoms with E-state index in [9.17, 15) is 9.59 Å². The second kappa shape index (κ2) is 9.35. The molecule has 4 aromatic rings. The Hall–Kier alpha value is -4.57. The highest BCUT2D eigenvalue weighted by Crippen LogP contribution is 2.41. The highest BCUT2D eigenvalue weighted by Gasteiger charge is 2.36. The summed E-state index contributed by atoms with van der Waals surface area (Å²) in [6.45, 7) is 4.00. The Balaban J connectivity index is 1.72. The van der Waals surface area contributed by atoms with Crippen molar-refractivity contribution in [2.75, 3.05) is 0 Å². The van der Waals surface area contributed by atoms with Crippen molar-refractivity contribution in [3.8, 4) is 0 Å². The fourth-order valence-corrected chi connectivity index (χ4v) is 4.16. The maximum Gasteiger partial charge on any atom is 0.278 e. The Labute approximate surface area is 204 Å². The van der Waals surface area contributed by atoms with Crippen molar-refractivity contribution in [3.63, 3.8) is 0 Å². The lowest BCUT2D eigenvalue weighted by Gasteiger charge is -2.21. The second-order valence-electron chi connectivity index (χ2n) is 8.60. The van der Waals surface area contributed by atoms with Gasteiger partial charge in [0.05, 0.1) is 17.5 Å². The summed E-state index contributed by atoms with van der Waals surface area (Å²) in [5.41, 5.74) is 6.51. The van der Waals surface area contributed by atoms with E-state index in [2.05, 4.69) is 5.10 Å². The highest BCUT2D eigenvalue weighted by atomic mass is 16.2. The van der Waals surface area contributed by atoms with Crippen LogP contribution in [0.15, 0.2) is 108 Å². The highest BCUT2D eigenvalue weighted by molar-refractivity contribution is 6.40. The molecule has 0 fully saturated rings. The number of carbonyl (C=O) groups excluding carboxylic acids is 2. The number of Topliss-reactive ketones (excluding diaryl/α,β-unsaturated/α-hetero) is 1. The molecular weight excluding hydrogens is 432 g/mol. The summed E-state index contributed by atoms with van der Waals surface area (Å²) in [7, 11) is 0. The Kier molecular flexibility index (Phi) is 5.94. The molecule has 5 rings (SSSR count). The first kappa shape index (κ1) is 22.2. The maximum absolute atomic E-state index is 13.9. The molecule has 0 saturated heterocycles. The van der Waals surface area contributed by atoms with Crippen LogP contribution in [0.3, 0.4) is 0 Å². The molecule has 1 amide bonds. The lowest BCUT2D eigenvalue weighted by molar-refractivity contribution is 0.0840. The number of allylic oxidation sites excluding steroid dienone is 1. The van der Waals surface area contributed by atoms with Gasteiger partial charge in [0, 0.05) is 16.7 Å². The lowest BCUT2D eigenvalue weighted by atomic mass is 10.0. The van der Waals surface area contributed by atoms with E-state index in [0.29, 0.717) is 28.0 Å². The average Bonchev–Trinajstić information content (AvgIpc) is 3.18. The van der Waals surface area contributed by atoms with E-state index < -0.39 is 0 Å². The molecule has 0 N–H and O–H groups in total. The number of nitrogens with zero attached hydrogens (tertiary/aromatic N) is 2. The van der Waals surface area contributed by atoms with Crippen LogP contribution in [-0.4, -0.2) is 22.9 Å². The van der Waals surface area contributed by atoms with Crippen molar-refractivity contribution in [2.24, 2.45) is 5.10 Å². The molecular formula is C31H24N2O2. The van der Waals surface area contributed by atoms with Gasteiger partial charge in [-0.25, -0.2) is 0 Å². The number of amides is 1. The minimum absolute atomic E-state index is 0.117. The average molecular weight is 457 g/mol. The third kappa shape index (κ3) is 4.34. The van der Waals surface area contributed by atoms with Gasteiger partial charge in [-0.1, -0.05) is 102 Å². The van der Waals surface area contributed by atoms with Gasteiger partial charge in [0.2, 0.25) is 0 Å². The van der Waals surface area contributed by atoms with E-state index in [0.717, 1.165) is 22.3 Å². The Morgan fingerprint density at radius 1 is 0.714 bits per heavy atom. The van der Waals surface area contributed by atoms with Crippen molar-refractivity contribution in [1.29, 1.82) is 0 Å². The molecule has 0 saturated carbocycles. The summed E-state index contributed by atoms with van der Waals surface area (Å²) < 4.78 is 0. The predicted molar refractivity (Wildman–Crippen MR) is 140 cm³/mol. The van der Waals surface area contributed by atoms with Crippen LogP contribution in [0.1, 0.15) is 48.5 Å². The molecule has 0 bridgehead atoms. The largest absolute Gasteiger partial charge is 0.288 e. The SMILES string of the molecule is Cc1ccc(/C=N/N(C(=O)c2ccc(C)cc2)C2=C(c3ccccc3)C(=O)c3ccccc32)cc1. The number of hydrazone groups is 1. The van der Waals surface area contributed by atoms with Crippen LogP contribution in [0.5, 0.6) is 0 Å². The van der Waals surface area contributed by atoms with E-state index in [1.165, 1.54) is 5.01 Å². The van der Waals surface area contributed by atoms with Gasteiger partial charge < -0.3 is 0 Å². The zero-order chi connectivity index (χ0) is 24.4. The third-order valence-electron chi connectivity index (χ3n) is 6.06. The van der Waals surface area contributed by atoms with Gasteiger partial charge in [-0.2, -0.15) is 10.1 Å². The molecule has 4 aromatic carbocycles. The number of ketones is 1. The number of benzene rings is 4. The first-order valence-electron chi connectivity index (χ1n) is 11.5. The van der Waals surface area contributed by atoms with E-state index >= 15 is 0 Å². The van der Waals surface area contributed by atoms with Gasteiger partial charge >= 0.3 is 0 Å². The van der Waals surface area contributed by atoms with Crippen LogP contribution in [0.25, 0.3) is 11.3 Å². The molecule has 4 heteroatoms. The van der Waals surface area contributed by atoms with Crippen LogP contribution in [0, 0.1) is 13.8 Å². The summed E-state index contributed by atoms with van der Waals surface area (Å²) in [5.74, 6) is -0.421. The van der Waals surface area contributed by atoms with Crippen molar-refractivity contribution in [1.82, 2.24) is 5.01 Å². The molecule has 35 heavy (non-hydrogen) atoms.